The monoisotopic (exact) mass is 196 g/mol. The third-order valence-corrected chi connectivity index (χ3v) is 2.34. The highest BCUT2D eigenvalue weighted by Gasteiger charge is 2.22. The third-order valence-electron chi connectivity index (χ3n) is 2.34. The molecule has 4 heteroatoms. The molecule has 0 bridgehead atoms. The predicted molar refractivity (Wildman–Crippen MR) is 50.7 cm³/mol. The maximum Gasteiger partial charge on any atom is 0.182 e. The molecule has 0 aromatic heterocycles. The molecule has 1 aromatic carbocycles. The summed E-state index contributed by atoms with van der Waals surface area (Å²) in [4.78, 5) is 1.51. The summed E-state index contributed by atoms with van der Waals surface area (Å²) in [6.07, 6.45) is 1.46. The van der Waals surface area contributed by atoms with Crippen LogP contribution in [0.3, 0.4) is 0 Å². The summed E-state index contributed by atoms with van der Waals surface area (Å²) in [6, 6.07) is 4.04. The van der Waals surface area contributed by atoms with Crippen molar-refractivity contribution in [2.75, 3.05) is 11.4 Å². The van der Waals surface area contributed by atoms with Gasteiger partial charge in [-0.3, -0.25) is 5.41 Å². The van der Waals surface area contributed by atoms with E-state index in [4.69, 9.17) is 5.41 Å². The molecular weight excluding hydrogens is 186 g/mol. The molecule has 1 N–H and O–H groups in total. The van der Waals surface area contributed by atoms with Crippen LogP contribution in [0.5, 0.6) is 0 Å². The van der Waals surface area contributed by atoms with Gasteiger partial charge in [0.2, 0.25) is 0 Å². The van der Waals surface area contributed by atoms with Crippen molar-refractivity contribution in [1.82, 2.24) is 0 Å². The van der Waals surface area contributed by atoms with E-state index in [1.165, 1.54) is 17.0 Å². The average Bonchev–Trinajstić information content (AvgIpc) is 2.57. The molecule has 2 rings (SSSR count). The summed E-state index contributed by atoms with van der Waals surface area (Å²) in [5.41, 5.74) is 0.174. The number of hydrogen-bond acceptors (Lipinski definition) is 1. The molecule has 1 saturated heterocycles. The number of halogens is 2. The molecular formula is C10H10F2N2. The predicted octanol–water partition coefficient (Wildman–Crippen LogP) is 2.54. The molecule has 0 unspecified atom stereocenters. The molecule has 0 aliphatic carbocycles. The lowest BCUT2D eigenvalue weighted by Gasteiger charge is -2.18. The maximum absolute atomic E-state index is 13.3. The normalized spacial score (nSPS) is 16.4. The number of benzene rings is 1. The topological polar surface area (TPSA) is 27.1 Å². The quantitative estimate of drug-likeness (QED) is 0.734. The van der Waals surface area contributed by atoms with Crippen LogP contribution in [0.4, 0.5) is 14.5 Å². The van der Waals surface area contributed by atoms with Gasteiger partial charge in [0.05, 0.1) is 5.69 Å². The third kappa shape index (κ3) is 1.36. The maximum atomic E-state index is 13.3. The Kier molecular flexibility index (Phi) is 2.19. The Hall–Kier alpha value is -1.45. The summed E-state index contributed by atoms with van der Waals surface area (Å²) in [5, 5.41) is 7.55. The highest BCUT2D eigenvalue weighted by Crippen LogP contribution is 2.25. The van der Waals surface area contributed by atoms with E-state index in [1.807, 2.05) is 0 Å². The van der Waals surface area contributed by atoms with Gasteiger partial charge in [0.15, 0.2) is 11.6 Å². The highest BCUT2D eigenvalue weighted by atomic mass is 19.2. The fraction of sp³-hybridized carbons (Fsp3) is 0.300. The minimum atomic E-state index is -0.862. The minimum Gasteiger partial charge on any atom is -0.328 e. The lowest BCUT2D eigenvalue weighted by molar-refractivity contribution is 0.509. The van der Waals surface area contributed by atoms with Gasteiger partial charge >= 0.3 is 0 Å². The van der Waals surface area contributed by atoms with Gasteiger partial charge in [0.25, 0.3) is 0 Å². The molecule has 2 nitrogen and oxygen atoms in total. The number of rotatable bonds is 1. The lowest BCUT2D eigenvalue weighted by atomic mass is 10.2. The molecule has 0 spiro atoms. The summed E-state index contributed by atoms with van der Waals surface area (Å²) in [7, 11) is 0. The summed E-state index contributed by atoms with van der Waals surface area (Å²) < 4.78 is 26.2. The van der Waals surface area contributed by atoms with E-state index in [9.17, 15) is 8.78 Å². The van der Waals surface area contributed by atoms with Crippen molar-refractivity contribution in [3.8, 4) is 0 Å². The average molecular weight is 196 g/mol. The van der Waals surface area contributed by atoms with Gasteiger partial charge in [-0.1, -0.05) is 6.07 Å². The first-order valence-corrected chi connectivity index (χ1v) is 4.49. The van der Waals surface area contributed by atoms with E-state index in [1.54, 1.807) is 0 Å². The van der Waals surface area contributed by atoms with Crippen LogP contribution in [-0.2, 0) is 0 Å². The minimum absolute atomic E-state index is 0.174. The first-order valence-electron chi connectivity index (χ1n) is 4.49. The van der Waals surface area contributed by atoms with Crippen LogP contribution in [0, 0.1) is 17.0 Å². The zero-order chi connectivity index (χ0) is 10.1. The summed E-state index contributed by atoms with van der Waals surface area (Å²) >= 11 is 0. The van der Waals surface area contributed by atoms with Gasteiger partial charge in [-0.2, -0.15) is 0 Å². The Labute approximate surface area is 80.7 Å². The van der Waals surface area contributed by atoms with E-state index in [0.717, 1.165) is 12.5 Å². The largest absolute Gasteiger partial charge is 0.328 e. The standard InChI is InChI=1S/C10H10F2N2/c11-7-3-1-4-8(10(7)12)14-6-2-5-9(14)13/h1,3-4,13H,2,5-6H2. The van der Waals surface area contributed by atoms with Crippen molar-refractivity contribution < 1.29 is 8.78 Å². The van der Waals surface area contributed by atoms with E-state index in [0.29, 0.717) is 18.8 Å². The second kappa shape index (κ2) is 3.36. The van der Waals surface area contributed by atoms with Crippen LogP contribution in [0.2, 0.25) is 0 Å². The lowest BCUT2D eigenvalue weighted by Crippen LogP contribution is -2.24. The first-order chi connectivity index (χ1) is 6.70. The van der Waals surface area contributed by atoms with Gasteiger partial charge in [0, 0.05) is 13.0 Å². The molecule has 0 saturated carbocycles. The van der Waals surface area contributed by atoms with Gasteiger partial charge in [0.1, 0.15) is 5.84 Å². The number of anilines is 1. The molecule has 1 aromatic rings. The summed E-state index contributed by atoms with van der Waals surface area (Å²) in [6.45, 7) is 0.596. The first kappa shape index (κ1) is 9.12. The van der Waals surface area contributed by atoms with E-state index >= 15 is 0 Å². The molecule has 0 atom stereocenters. The van der Waals surface area contributed by atoms with Gasteiger partial charge in [-0.25, -0.2) is 8.78 Å². The van der Waals surface area contributed by atoms with Crippen molar-refractivity contribution in [1.29, 1.82) is 5.41 Å². The summed E-state index contributed by atoms with van der Waals surface area (Å²) in [5.74, 6) is -1.36. The number of amidine groups is 1. The van der Waals surface area contributed by atoms with Crippen LogP contribution in [-0.4, -0.2) is 12.4 Å². The molecule has 0 amide bonds. The van der Waals surface area contributed by atoms with Gasteiger partial charge in [-0.15, -0.1) is 0 Å². The molecule has 1 fully saturated rings. The second-order valence-corrected chi connectivity index (χ2v) is 3.27. The molecule has 14 heavy (non-hydrogen) atoms. The molecule has 1 heterocycles. The number of nitrogens with one attached hydrogen (secondary N) is 1. The van der Waals surface area contributed by atoms with Crippen LogP contribution < -0.4 is 4.90 Å². The van der Waals surface area contributed by atoms with Crippen molar-refractivity contribution in [3.05, 3.63) is 29.8 Å². The van der Waals surface area contributed by atoms with Crippen LogP contribution in [0.1, 0.15) is 12.8 Å². The smallest absolute Gasteiger partial charge is 0.182 e. The molecule has 1 aliphatic rings. The van der Waals surface area contributed by atoms with E-state index in [-0.39, 0.29) is 5.69 Å². The zero-order valence-electron chi connectivity index (χ0n) is 7.56. The molecule has 74 valence electrons. The fourth-order valence-corrected chi connectivity index (χ4v) is 1.64. The second-order valence-electron chi connectivity index (χ2n) is 3.27. The molecule has 1 aliphatic heterocycles. The van der Waals surface area contributed by atoms with Gasteiger partial charge in [-0.05, 0) is 18.6 Å². The Balaban J connectivity index is 2.41. The molecule has 0 radical (unpaired) electrons. The SMILES string of the molecule is N=C1CCCN1c1cccc(F)c1F. The highest BCUT2D eigenvalue weighted by molar-refractivity contribution is 5.97. The van der Waals surface area contributed by atoms with Crippen molar-refractivity contribution in [3.63, 3.8) is 0 Å². The Morgan fingerprint density at radius 3 is 2.71 bits per heavy atom. The van der Waals surface area contributed by atoms with E-state index < -0.39 is 11.6 Å². The Morgan fingerprint density at radius 1 is 1.29 bits per heavy atom. The van der Waals surface area contributed by atoms with Crippen molar-refractivity contribution in [2.45, 2.75) is 12.8 Å². The van der Waals surface area contributed by atoms with E-state index in [2.05, 4.69) is 0 Å². The van der Waals surface area contributed by atoms with Crippen molar-refractivity contribution >= 4 is 11.5 Å². The zero-order valence-corrected chi connectivity index (χ0v) is 7.56. The van der Waals surface area contributed by atoms with Crippen molar-refractivity contribution in [2.24, 2.45) is 0 Å². The van der Waals surface area contributed by atoms with Gasteiger partial charge < -0.3 is 4.90 Å². The Morgan fingerprint density at radius 2 is 2.07 bits per heavy atom. The number of nitrogens with zero attached hydrogens (tertiary/aromatic N) is 1. The van der Waals surface area contributed by atoms with Crippen LogP contribution in [0.15, 0.2) is 18.2 Å². The van der Waals surface area contributed by atoms with Crippen LogP contribution >= 0.6 is 0 Å². The fourth-order valence-electron chi connectivity index (χ4n) is 1.64. The Bertz CT molecular complexity index is 376. The number of hydrogen-bond donors (Lipinski definition) is 1. The van der Waals surface area contributed by atoms with Crippen LogP contribution in [0.25, 0.3) is 0 Å².